The van der Waals surface area contributed by atoms with Gasteiger partial charge in [-0.15, -0.1) is 12.4 Å². The van der Waals surface area contributed by atoms with Gasteiger partial charge >= 0.3 is 0 Å². The van der Waals surface area contributed by atoms with Crippen molar-refractivity contribution in [2.75, 3.05) is 12.4 Å². The molecule has 1 aromatic heterocycles. The number of hydrogen-bond donors (Lipinski definition) is 2. The first-order chi connectivity index (χ1) is 9.63. The summed E-state index contributed by atoms with van der Waals surface area (Å²) in [4.78, 5) is 0. The molecule has 0 fully saturated rings. The highest BCUT2D eigenvalue weighted by molar-refractivity contribution is 5.85. The first-order valence-electron chi connectivity index (χ1n) is 6.77. The predicted octanol–water partition coefficient (Wildman–Crippen LogP) is 3.35. The molecule has 116 valence electrons. The van der Waals surface area contributed by atoms with Crippen LogP contribution in [0, 0.1) is 6.92 Å². The number of phenols is 1. The molecule has 0 saturated carbocycles. The van der Waals surface area contributed by atoms with E-state index in [4.69, 9.17) is 4.74 Å². The van der Waals surface area contributed by atoms with Crippen LogP contribution in [0.4, 0.5) is 5.69 Å². The third kappa shape index (κ3) is 4.29. The van der Waals surface area contributed by atoms with Crippen molar-refractivity contribution in [2.24, 2.45) is 0 Å². The summed E-state index contributed by atoms with van der Waals surface area (Å²) in [5, 5.41) is 17.4. The number of anilines is 1. The Morgan fingerprint density at radius 2 is 2.14 bits per heavy atom. The summed E-state index contributed by atoms with van der Waals surface area (Å²) in [5.41, 5.74) is 3.07. The van der Waals surface area contributed by atoms with E-state index in [0.29, 0.717) is 12.3 Å². The van der Waals surface area contributed by atoms with Gasteiger partial charge in [0.05, 0.1) is 18.5 Å². The third-order valence-electron chi connectivity index (χ3n) is 3.13. The number of hydrogen-bond acceptors (Lipinski definition) is 4. The van der Waals surface area contributed by atoms with E-state index in [9.17, 15) is 5.11 Å². The number of benzene rings is 1. The Bertz CT molecular complexity index is 584. The Balaban J connectivity index is 0.00000220. The van der Waals surface area contributed by atoms with Crippen molar-refractivity contribution in [1.82, 2.24) is 9.78 Å². The van der Waals surface area contributed by atoms with Crippen LogP contribution >= 0.6 is 12.4 Å². The van der Waals surface area contributed by atoms with E-state index in [1.807, 2.05) is 29.9 Å². The molecule has 6 heteroatoms. The van der Waals surface area contributed by atoms with Crippen molar-refractivity contribution < 1.29 is 9.84 Å². The zero-order valence-corrected chi connectivity index (χ0v) is 13.4. The van der Waals surface area contributed by atoms with Crippen LogP contribution in [-0.2, 0) is 13.1 Å². The van der Waals surface area contributed by atoms with E-state index >= 15 is 0 Å². The van der Waals surface area contributed by atoms with E-state index < -0.39 is 0 Å². The quantitative estimate of drug-likeness (QED) is 0.859. The second-order valence-electron chi connectivity index (χ2n) is 4.75. The maximum Gasteiger partial charge on any atom is 0.160 e. The zero-order valence-electron chi connectivity index (χ0n) is 12.6. The number of methoxy groups -OCH3 is 1. The molecule has 0 atom stereocenters. The van der Waals surface area contributed by atoms with Gasteiger partial charge in [-0.2, -0.15) is 5.10 Å². The molecular formula is C15H22ClN3O2. The molecule has 0 aliphatic rings. The molecule has 1 heterocycles. The minimum absolute atomic E-state index is 0. The highest BCUT2D eigenvalue weighted by Gasteiger charge is 2.06. The number of nitrogens with zero attached hydrogens (tertiary/aromatic N) is 2. The fourth-order valence-electron chi connectivity index (χ4n) is 2.06. The van der Waals surface area contributed by atoms with Crippen LogP contribution in [0.2, 0.25) is 0 Å². The maximum atomic E-state index is 9.57. The molecule has 2 N–H and O–H groups in total. The van der Waals surface area contributed by atoms with Gasteiger partial charge in [-0.05, 0) is 31.0 Å². The standard InChI is InChI=1S/C15H21N3O2.ClH/c1-4-7-18-10-13(11(2)17-18)16-9-12-5-6-14(19)15(8-12)20-3;/h5-6,8,10,16,19H,4,7,9H2,1-3H3;1H. The molecular weight excluding hydrogens is 290 g/mol. The van der Waals surface area contributed by atoms with Gasteiger partial charge in [0.15, 0.2) is 11.5 Å². The lowest BCUT2D eigenvalue weighted by Crippen LogP contribution is -2.00. The van der Waals surface area contributed by atoms with Crippen molar-refractivity contribution in [3.63, 3.8) is 0 Å². The van der Waals surface area contributed by atoms with Crippen molar-refractivity contribution >= 4 is 18.1 Å². The predicted molar refractivity (Wildman–Crippen MR) is 86.5 cm³/mol. The summed E-state index contributed by atoms with van der Waals surface area (Å²) < 4.78 is 7.06. The first kappa shape index (κ1) is 17.2. The lowest BCUT2D eigenvalue weighted by Gasteiger charge is -2.08. The average Bonchev–Trinajstić information content (AvgIpc) is 2.78. The summed E-state index contributed by atoms with van der Waals surface area (Å²) in [6.07, 6.45) is 3.09. The Labute approximate surface area is 131 Å². The van der Waals surface area contributed by atoms with Crippen molar-refractivity contribution in [2.45, 2.75) is 33.4 Å². The Morgan fingerprint density at radius 1 is 1.38 bits per heavy atom. The molecule has 2 aromatic rings. The van der Waals surface area contributed by atoms with Gasteiger partial charge in [0, 0.05) is 19.3 Å². The Morgan fingerprint density at radius 3 is 2.81 bits per heavy atom. The normalized spacial score (nSPS) is 10.0. The molecule has 1 aromatic carbocycles. The highest BCUT2D eigenvalue weighted by Crippen LogP contribution is 2.26. The Hall–Kier alpha value is -1.88. The number of ether oxygens (including phenoxy) is 1. The van der Waals surface area contributed by atoms with Gasteiger partial charge in [0.1, 0.15) is 0 Å². The number of phenolic OH excluding ortho intramolecular Hbond substituents is 1. The second kappa shape index (κ2) is 7.78. The average molecular weight is 312 g/mol. The molecule has 0 radical (unpaired) electrons. The summed E-state index contributed by atoms with van der Waals surface area (Å²) >= 11 is 0. The van der Waals surface area contributed by atoms with Gasteiger partial charge in [-0.25, -0.2) is 0 Å². The van der Waals surface area contributed by atoms with Gasteiger partial charge in [-0.3, -0.25) is 4.68 Å². The number of nitrogens with one attached hydrogen (secondary N) is 1. The van der Waals surface area contributed by atoms with E-state index in [0.717, 1.165) is 29.9 Å². The van der Waals surface area contributed by atoms with Crippen LogP contribution in [0.15, 0.2) is 24.4 Å². The molecule has 21 heavy (non-hydrogen) atoms. The van der Waals surface area contributed by atoms with E-state index in [1.54, 1.807) is 13.2 Å². The number of aromatic hydroxyl groups is 1. The maximum absolute atomic E-state index is 9.57. The number of halogens is 1. The smallest absolute Gasteiger partial charge is 0.160 e. The number of aromatic nitrogens is 2. The molecule has 0 spiro atoms. The lowest BCUT2D eigenvalue weighted by atomic mass is 10.2. The summed E-state index contributed by atoms with van der Waals surface area (Å²) in [6.45, 7) is 5.71. The van der Waals surface area contributed by atoms with Crippen LogP contribution in [0.5, 0.6) is 11.5 Å². The van der Waals surface area contributed by atoms with E-state index in [1.165, 1.54) is 0 Å². The second-order valence-corrected chi connectivity index (χ2v) is 4.75. The van der Waals surface area contributed by atoms with Gasteiger partial charge in [-0.1, -0.05) is 13.0 Å². The number of rotatable bonds is 6. The van der Waals surface area contributed by atoms with Gasteiger partial charge in [0.2, 0.25) is 0 Å². The SMILES string of the molecule is CCCn1cc(NCc2ccc(O)c(OC)c2)c(C)n1.Cl. The minimum Gasteiger partial charge on any atom is -0.504 e. The minimum atomic E-state index is 0. The van der Waals surface area contributed by atoms with Crippen LogP contribution in [0.3, 0.4) is 0 Å². The topological polar surface area (TPSA) is 59.3 Å². The van der Waals surface area contributed by atoms with Crippen LogP contribution in [0.25, 0.3) is 0 Å². The molecule has 2 rings (SSSR count). The van der Waals surface area contributed by atoms with Crippen LogP contribution < -0.4 is 10.1 Å². The van der Waals surface area contributed by atoms with Gasteiger partial charge in [0.25, 0.3) is 0 Å². The van der Waals surface area contributed by atoms with E-state index in [-0.39, 0.29) is 18.2 Å². The molecule has 0 amide bonds. The molecule has 5 nitrogen and oxygen atoms in total. The fraction of sp³-hybridized carbons (Fsp3) is 0.400. The summed E-state index contributed by atoms with van der Waals surface area (Å²) in [6, 6.07) is 5.34. The summed E-state index contributed by atoms with van der Waals surface area (Å²) in [7, 11) is 1.55. The highest BCUT2D eigenvalue weighted by atomic mass is 35.5. The lowest BCUT2D eigenvalue weighted by molar-refractivity contribution is 0.373. The molecule has 0 aliphatic carbocycles. The molecule has 0 aliphatic heterocycles. The van der Waals surface area contributed by atoms with Crippen molar-refractivity contribution in [3.8, 4) is 11.5 Å². The van der Waals surface area contributed by atoms with Crippen LogP contribution in [-0.4, -0.2) is 22.0 Å². The molecule has 0 bridgehead atoms. The van der Waals surface area contributed by atoms with Crippen molar-refractivity contribution in [1.29, 1.82) is 0 Å². The fourth-order valence-corrected chi connectivity index (χ4v) is 2.06. The largest absolute Gasteiger partial charge is 0.504 e. The van der Waals surface area contributed by atoms with E-state index in [2.05, 4.69) is 17.3 Å². The van der Waals surface area contributed by atoms with Gasteiger partial charge < -0.3 is 15.2 Å². The van der Waals surface area contributed by atoms with Crippen molar-refractivity contribution in [3.05, 3.63) is 35.7 Å². The van der Waals surface area contributed by atoms with Crippen LogP contribution in [0.1, 0.15) is 24.6 Å². The molecule has 0 unspecified atom stereocenters. The summed E-state index contributed by atoms with van der Waals surface area (Å²) in [5.74, 6) is 0.644. The number of aryl methyl sites for hydroxylation is 2. The molecule has 0 saturated heterocycles. The monoisotopic (exact) mass is 311 g/mol. The Kier molecular flexibility index (Phi) is 6.37. The first-order valence-corrected chi connectivity index (χ1v) is 6.77. The zero-order chi connectivity index (χ0) is 14.5. The third-order valence-corrected chi connectivity index (χ3v) is 3.13.